The molecule has 5 nitrogen and oxygen atoms in total. The number of nitrogens with zero attached hydrogens (tertiary/aromatic N) is 3. The van der Waals surface area contributed by atoms with Crippen LogP contribution in [0.3, 0.4) is 0 Å². The van der Waals surface area contributed by atoms with Gasteiger partial charge in [0.05, 0.1) is 27.8 Å². The van der Waals surface area contributed by atoms with Gasteiger partial charge in [0.2, 0.25) is 0 Å². The van der Waals surface area contributed by atoms with Crippen LogP contribution < -0.4 is 4.74 Å². The maximum absolute atomic E-state index is 12.7. The van der Waals surface area contributed by atoms with E-state index >= 15 is 0 Å². The Bertz CT molecular complexity index is 950. The van der Waals surface area contributed by atoms with Crippen LogP contribution in [0.25, 0.3) is 0 Å². The summed E-state index contributed by atoms with van der Waals surface area (Å²) in [6, 6.07) is 7.41. The average molecular weight is 469 g/mol. The smallest absolute Gasteiger partial charge is 0.264 e. The van der Waals surface area contributed by atoms with Gasteiger partial charge in [-0.3, -0.25) is 9.48 Å². The predicted octanol–water partition coefficient (Wildman–Crippen LogP) is 5.06. The van der Waals surface area contributed by atoms with Crippen LogP contribution >= 0.6 is 38.9 Å². The Balaban J connectivity index is 1.63. The summed E-state index contributed by atoms with van der Waals surface area (Å²) in [5, 5.41) is 6.82. The molecule has 0 saturated heterocycles. The summed E-state index contributed by atoms with van der Waals surface area (Å²) in [6.07, 6.45) is 1.73. The number of hydrogen-bond donors (Lipinski definition) is 0. The lowest BCUT2D eigenvalue weighted by Crippen LogP contribution is -2.26. The Labute approximate surface area is 175 Å². The summed E-state index contributed by atoms with van der Waals surface area (Å²) in [4.78, 5) is 15.1. The lowest BCUT2D eigenvalue weighted by atomic mass is 10.2. The highest BCUT2D eigenvalue weighted by molar-refractivity contribution is 9.10. The molecule has 0 N–H and O–H groups in total. The Morgan fingerprint density at radius 2 is 2.19 bits per heavy atom. The molecule has 0 unspecified atom stereocenters. The van der Waals surface area contributed by atoms with Gasteiger partial charge < -0.3 is 9.64 Å². The molecule has 3 aromatic rings. The highest BCUT2D eigenvalue weighted by Gasteiger charge is 2.17. The molecule has 0 bridgehead atoms. The molecular formula is C19H19BrClN3O2S. The zero-order chi connectivity index (χ0) is 19.6. The maximum atomic E-state index is 12.7. The van der Waals surface area contributed by atoms with Gasteiger partial charge in [0.25, 0.3) is 5.91 Å². The monoisotopic (exact) mass is 467 g/mol. The van der Waals surface area contributed by atoms with Crippen molar-refractivity contribution in [2.45, 2.75) is 20.1 Å². The van der Waals surface area contributed by atoms with E-state index in [0.717, 1.165) is 27.0 Å². The van der Waals surface area contributed by atoms with Gasteiger partial charge in [-0.2, -0.15) is 5.10 Å². The molecule has 1 amide bonds. The number of halogens is 2. The van der Waals surface area contributed by atoms with Gasteiger partial charge in [-0.1, -0.05) is 11.6 Å². The third-order valence-electron chi connectivity index (χ3n) is 4.14. The molecule has 0 radical (unpaired) electrons. The van der Waals surface area contributed by atoms with E-state index in [-0.39, 0.29) is 5.91 Å². The molecule has 0 atom stereocenters. The molecule has 0 fully saturated rings. The molecule has 0 aliphatic carbocycles. The molecule has 0 saturated carbocycles. The summed E-state index contributed by atoms with van der Waals surface area (Å²) in [6.45, 7) is 2.84. The zero-order valence-electron chi connectivity index (χ0n) is 15.2. The Kier molecular flexibility index (Phi) is 6.24. The highest BCUT2D eigenvalue weighted by atomic mass is 79.9. The van der Waals surface area contributed by atoms with Gasteiger partial charge in [-0.15, -0.1) is 11.3 Å². The lowest BCUT2D eigenvalue weighted by Gasteiger charge is -2.16. The summed E-state index contributed by atoms with van der Waals surface area (Å²) in [5.74, 6) is 0.763. The van der Waals surface area contributed by atoms with E-state index in [0.29, 0.717) is 23.1 Å². The minimum Gasteiger partial charge on any atom is -0.489 e. The highest BCUT2D eigenvalue weighted by Crippen LogP contribution is 2.24. The fourth-order valence-corrected chi connectivity index (χ4v) is 4.19. The normalized spacial score (nSPS) is 10.9. The lowest BCUT2D eigenvalue weighted by molar-refractivity contribution is 0.0786. The third-order valence-corrected chi connectivity index (χ3v) is 6.00. The number of thiophene rings is 1. The number of aromatic nitrogens is 2. The molecule has 8 heteroatoms. The summed E-state index contributed by atoms with van der Waals surface area (Å²) >= 11 is 10.9. The molecule has 27 heavy (non-hydrogen) atoms. The molecular weight excluding hydrogens is 450 g/mol. The molecule has 0 aliphatic heterocycles. The van der Waals surface area contributed by atoms with Crippen LogP contribution in [0.5, 0.6) is 5.75 Å². The van der Waals surface area contributed by atoms with Crippen LogP contribution in [-0.4, -0.2) is 27.6 Å². The van der Waals surface area contributed by atoms with Crippen LogP contribution in [0.4, 0.5) is 0 Å². The van der Waals surface area contributed by atoms with Gasteiger partial charge >= 0.3 is 0 Å². The molecule has 2 heterocycles. The first-order valence-corrected chi connectivity index (χ1v) is 10.3. The summed E-state index contributed by atoms with van der Waals surface area (Å²) in [5.41, 5.74) is 2.90. The Hall–Kier alpha value is -1.83. The Morgan fingerprint density at radius 3 is 2.85 bits per heavy atom. The largest absolute Gasteiger partial charge is 0.489 e. The standard InChI is InChI=1S/C19H19BrClN3O2S/c1-12-6-14(21)4-5-17(12)26-10-13-7-18(27-11-13)19(25)23(2)9-16-15(20)8-22-24(16)3/h4-8,11H,9-10H2,1-3H3. The van der Waals surface area contributed by atoms with Crippen LogP contribution in [0.2, 0.25) is 5.02 Å². The van der Waals surface area contributed by atoms with Crippen molar-refractivity contribution in [3.05, 3.63) is 67.0 Å². The van der Waals surface area contributed by atoms with Gasteiger partial charge in [0.15, 0.2) is 0 Å². The fraction of sp³-hybridized carbons (Fsp3) is 0.263. The molecule has 0 spiro atoms. The third kappa shape index (κ3) is 4.72. The first kappa shape index (κ1) is 19.9. The van der Waals surface area contributed by atoms with Crippen LogP contribution in [0.15, 0.2) is 40.3 Å². The van der Waals surface area contributed by atoms with Crippen molar-refractivity contribution in [3.63, 3.8) is 0 Å². The number of hydrogen-bond acceptors (Lipinski definition) is 4. The minimum absolute atomic E-state index is 0.0259. The first-order valence-electron chi connectivity index (χ1n) is 8.23. The van der Waals surface area contributed by atoms with E-state index in [1.807, 2.05) is 37.6 Å². The first-order chi connectivity index (χ1) is 12.8. The number of aryl methyl sites for hydroxylation is 2. The average Bonchev–Trinajstić information content (AvgIpc) is 3.22. The number of carbonyl (C=O) groups excluding carboxylic acids is 1. The van der Waals surface area contributed by atoms with Crippen molar-refractivity contribution < 1.29 is 9.53 Å². The van der Waals surface area contributed by atoms with Crippen molar-refractivity contribution in [1.29, 1.82) is 0 Å². The second kappa shape index (κ2) is 8.46. The topological polar surface area (TPSA) is 47.4 Å². The van der Waals surface area contributed by atoms with Crippen LogP contribution in [0.1, 0.15) is 26.5 Å². The molecule has 142 valence electrons. The van der Waals surface area contributed by atoms with Crippen molar-refractivity contribution in [2.75, 3.05) is 7.05 Å². The zero-order valence-corrected chi connectivity index (χ0v) is 18.4. The van der Waals surface area contributed by atoms with Crippen LogP contribution in [-0.2, 0) is 20.2 Å². The molecule has 1 aromatic carbocycles. The Morgan fingerprint density at radius 1 is 1.41 bits per heavy atom. The number of carbonyl (C=O) groups is 1. The quantitative estimate of drug-likeness (QED) is 0.508. The van der Waals surface area contributed by atoms with Gasteiger partial charge in [0, 0.05) is 24.7 Å². The fourth-order valence-electron chi connectivity index (χ4n) is 2.60. The van der Waals surface area contributed by atoms with Crippen molar-refractivity contribution in [2.24, 2.45) is 7.05 Å². The van der Waals surface area contributed by atoms with Gasteiger partial charge in [0.1, 0.15) is 12.4 Å². The van der Waals surface area contributed by atoms with E-state index in [9.17, 15) is 4.79 Å². The van der Waals surface area contributed by atoms with E-state index < -0.39 is 0 Å². The number of rotatable bonds is 6. The number of amides is 1. The van der Waals surface area contributed by atoms with E-state index in [1.54, 1.807) is 28.9 Å². The minimum atomic E-state index is -0.0259. The SMILES string of the molecule is Cc1cc(Cl)ccc1OCc1csc(C(=O)N(C)Cc2c(Br)cnn2C)c1. The number of ether oxygens (including phenoxy) is 1. The van der Waals surface area contributed by atoms with Crippen LogP contribution in [0, 0.1) is 6.92 Å². The van der Waals surface area contributed by atoms with Gasteiger partial charge in [-0.25, -0.2) is 0 Å². The molecule has 3 rings (SSSR count). The van der Waals surface area contributed by atoms with Crippen molar-refractivity contribution in [3.8, 4) is 5.75 Å². The molecule has 0 aliphatic rings. The summed E-state index contributed by atoms with van der Waals surface area (Å²) in [7, 11) is 3.65. The van der Waals surface area contributed by atoms with Gasteiger partial charge in [-0.05, 0) is 58.1 Å². The second-order valence-corrected chi connectivity index (χ2v) is 8.44. The second-order valence-electron chi connectivity index (χ2n) is 6.24. The van der Waals surface area contributed by atoms with E-state index in [1.165, 1.54) is 11.3 Å². The number of benzene rings is 1. The summed E-state index contributed by atoms with van der Waals surface area (Å²) < 4.78 is 8.51. The van der Waals surface area contributed by atoms with E-state index in [4.69, 9.17) is 16.3 Å². The molecule has 2 aromatic heterocycles. The maximum Gasteiger partial charge on any atom is 0.264 e. The van der Waals surface area contributed by atoms with Crippen molar-refractivity contribution >= 4 is 44.8 Å². The predicted molar refractivity (Wildman–Crippen MR) is 112 cm³/mol. The van der Waals surface area contributed by atoms with E-state index in [2.05, 4.69) is 21.0 Å². The van der Waals surface area contributed by atoms with Crippen molar-refractivity contribution in [1.82, 2.24) is 14.7 Å².